The van der Waals surface area contributed by atoms with Crippen molar-refractivity contribution in [1.82, 2.24) is 0 Å². The third-order valence-corrected chi connectivity index (χ3v) is 2.94. The first-order chi connectivity index (χ1) is 7.95. The second-order valence-corrected chi connectivity index (χ2v) is 5.37. The molecule has 0 saturated heterocycles. The molecule has 0 aliphatic heterocycles. The molecule has 0 radical (unpaired) electrons. The molecule has 1 rings (SSSR count). The molecule has 2 nitrogen and oxygen atoms in total. The molecule has 1 aromatic carbocycles. The highest BCUT2D eigenvalue weighted by atomic mass is 15.0. The number of nitrogens with one attached hydrogen (secondary N) is 1. The molecule has 1 unspecified atom stereocenters. The van der Waals surface area contributed by atoms with E-state index in [-0.39, 0.29) is 0 Å². The van der Waals surface area contributed by atoms with Crippen LogP contribution in [0.3, 0.4) is 0 Å². The lowest BCUT2D eigenvalue weighted by atomic mass is 9.93. The molecule has 0 heterocycles. The van der Waals surface area contributed by atoms with Crippen molar-refractivity contribution in [3.63, 3.8) is 0 Å². The summed E-state index contributed by atoms with van der Waals surface area (Å²) in [5.74, 6) is 0.627. The minimum absolute atomic E-state index is 0.473. The Hall–Kier alpha value is -1.49. The molecule has 0 spiro atoms. The standard InChI is InChI=1S/C15H22N2/c1-12(2)9-10-15(4,11-16)17-14-7-5-13(3)6-8-14/h5-8,12,17H,9-10H2,1-4H3. The molecule has 0 bridgehead atoms. The minimum atomic E-state index is -0.473. The van der Waals surface area contributed by atoms with Gasteiger partial charge in [0.1, 0.15) is 5.54 Å². The van der Waals surface area contributed by atoms with Crippen LogP contribution in [-0.2, 0) is 0 Å². The first-order valence-electron chi connectivity index (χ1n) is 6.21. The maximum absolute atomic E-state index is 9.30. The number of nitrogens with zero attached hydrogens (tertiary/aromatic N) is 1. The Balaban J connectivity index is 2.68. The van der Waals surface area contributed by atoms with Gasteiger partial charge in [-0.25, -0.2) is 0 Å². The van der Waals surface area contributed by atoms with Crippen LogP contribution in [0.4, 0.5) is 5.69 Å². The largest absolute Gasteiger partial charge is 0.368 e. The topological polar surface area (TPSA) is 35.8 Å². The van der Waals surface area contributed by atoms with Crippen LogP contribution in [0.5, 0.6) is 0 Å². The van der Waals surface area contributed by atoms with Gasteiger partial charge in [0.05, 0.1) is 6.07 Å². The van der Waals surface area contributed by atoms with Crippen molar-refractivity contribution in [1.29, 1.82) is 5.26 Å². The fraction of sp³-hybridized carbons (Fsp3) is 0.533. The molecule has 0 fully saturated rings. The van der Waals surface area contributed by atoms with Gasteiger partial charge < -0.3 is 5.32 Å². The van der Waals surface area contributed by atoms with Crippen LogP contribution in [-0.4, -0.2) is 5.54 Å². The molecule has 1 N–H and O–H groups in total. The number of anilines is 1. The summed E-state index contributed by atoms with van der Waals surface area (Å²) in [5, 5.41) is 12.6. The number of nitriles is 1. The molecular weight excluding hydrogens is 208 g/mol. The Morgan fingerprint density at radius 3 is 2.35 bits per heavy atom. The summed E-state index contributed by atoms with van der Waals surface area (Å²) in [4.78, 5) is 0. The lowest BCUT2D eigenvalue weighted by molar-refractivity contribution is 0.479. The molecule has 0 aliphatic rings. The van der Waals surface area contributed by atoms with Crippen LogP contribution in [0.2, 0.25) is 0 Å². The molecule has 0 saturated carbocycles. The van der Waals surface area contributed by atoms with Crippen LogP contribution >= 0.6 is 0 Å². The van der Waals surface area contributed by atoms with E-state index >= 15 is 0 Å². The highest BCUT2D eigenvalue weighted by Crippen LogP contribution is 2.22. The number of hydrogen-bond donors (Lipinski definition) is 1. The first-order valence-corrected chi connectivity index (χ1v) is 6.21. The van der Waals surface area contributed by atoms with E-state index in [1.54, 1.807) is 0 Å². The van der Waals surface area contributed by atoms with Crippen molar-refractivity contribution in [2.75, 3.05) is 5.32 Å². The number of benzene rings is 1. The maximum atomic E-state index is 9.30. The van der Waals surface area contributed by atoms with Crippen molar-refractivity contribution in [3.05, 3.63) is 29.8 Å². The summed E-state index contributed by atoms with van der Waals surface area (Å²) >= 11 is 0. The normalized spacial score (nSPS) is 14.1. The van der Waals surface area contributed by atoms with Crippen LogP contribution < -0.4 is 5.32 Å². The van der Waals surface area contributed by atoms with Crippen molar-refractivity contribution in [2.45, 2.75) is 46.1 Å². The summed E-state index contributed by atoms with van der Waals surface area (Å²) in [6.07, 6.45) is 1.93. The maximum Gasteiger partial charge on any atom is 0.122 e. The fourth-order valence-corrected chi connectivity index (χ4v) is 1.68. The van der Waals surface area contributed by atoms with Gasteiger partial charge in [0.25, 0.3) is 0 Å². The molecule has 0 aliphatic carbocycles. The van der Waals surface area contributed by atoms with E-state index in [2.05, 4.69) is 44.3 Å². The van der Waals surface area contributed by atoms with Crippen molar-refractivity contribution < 1.29 is 0 Å². The predicted octanol–water partition coefficient (Wildman–Crippen LogP) is 4.13. The predicted molar refractivity (Wildman–Crippen MR) is 72.9 cm³/mol. The van der Waals surface area contributed by atoms with Gasteiger partial charge in [-0.1, -0.05) is 31.5 Å². The first kappa shape index (κ1) is 13.6. The average molecular weight is 230 g/mol. The van der Waals surface area contributed by atoms with Gasteiger partial charge in [-0.3, -0.25) is 0 Å². The second kappa shape index (κ2) is 5.72. The zero-order valence-corrected chi connectivity index (χ0v) is 11.2. The highest BCUT2D eigenvalue weighted by Gasteiger charge is 2.23. The van der Waals surface area contributed by atoms with Crippen molar-refractivity contribution >= 4 is 5.69 Å². The zero-order valence-electron chi connectivity index (χ0n) is 11.2. The van der Waals surface area contributed by atoms with E-state index in [0.717, 1.165) is 18.5 Å². The van der Waals surface area contributed by atoms with Gasteiger partial charge in [-0.15, -0.1) is 0 Å². The molecule has 1 aromatic rings. The lowest BCUT2D eigenvalue weighted by Crippen LogP contribution is -2.33. The zero-order chi connectivity index (χ0) is 12.9. The Kier molecular flexibility index (Phi) is 4.57. The lowest BCUT2D eigenvalue weighted by Gasteiger charge is -2.25. The molecular formula is C15H22N2. The molecule has 2 heteroatoms. The van der Waals surface area contributed by atoms with Crippen LogP contribution in [0.1, 0.15) is 39.2 Å². The Labute approximate surface area is 105 Å². The van der Waals surface area contributed by atoms with Gasteiger partial charge in [-0.05, 0) is 44.7 Å². The van der Waals surface area contributed by atoms with E-state index < -0.39 is 5.54 Å². The van der Waals surface area contributed by atoms with E-state index in [9.17, 15) is 5.26 Å². The van der Waals surface area contributed by atoms with Gasteiger partial charge >= 0.3 is 0 Å². The quantitative estimate of drug-likeness (QED) is 0.825. The third kappa shape index (κ3) is 4.48. The second-order valence-electron chi connectivity index (χ2n) is 5.37. The van der Waals surface area contributed by atoms with Crippen LogP contribution in [0.15, 0.2) is 24.3 Å². The number of rotatable bonds is 5. The minimum Gasteiger partial charge on any atom is -0.368 e. The van der Waals surface area contributed by atoms with Gasteiger partial charge in [0.2, 0.25) is 0 Å². The summed E-state index contributed by atoms with van der Waals surface area (Å²) < 4.78 is 0. The van der Waals surface area contributed by atoms with Crippen LogP contribution in [0.25, 0.3) is 0 Å². The van der Waals surface area contributed by atoms with Gasteiger partial charge in [0, 0.05) is 5.69 Å². The summed E-state index contributed by atoms with van der Waals surface area (Å²) in [5.41, 5.74) is 1.78. The van der Waals surface area contributed by atoms with Gasteiger partial charge in [-0.2, -0.15) is 5.26 Å². The fourth-order valence-electron chi connectivity index (χ4n) is 1.68. The Morgan fingerprint density at radius 1 is 1.29 bits per heavy atom. The van der Waals surface area contributed by atoms with E-state index in [1.165, 1.54) is 5.56 Å². The van der Waals surface area contributed by atoms with E-state index in [4.69, 9.17) is 0 Å². The smallest absolute Gasteiger partial charge is 0.122 e. The highest BCUT2D eigenvalue weighted by molar-refractivity contribution is 5.48. The summed E-state index contributed by atoms with van der Waals surface area (Å²) in [7, 11) is 0. The molecule has 17 heavy (non-hydrogen) atoms. The third-order valence-electron chi connectivity index (χ3n) is 2.94. The summed E-state index contributed by atoms with van der Waals surface area (Å²) in [6.45, 7) is 8.40. The number of aryl methyl sites for hydroxylation is 1. The Morgan fingerprint density at radius 2 is 1.88 bits per heavy atom. The van der Waals surface area contributed by atoms with Crippen molar-refractivity contribution in [2.24, 2.45) is 5.92 Å². The monoisotopic (exact) mass is 230 g/mol. The van der Waals surface area contributed by atoms with E-state index in [1.807, 2.05) is 19.1 Å². The molecule has 0 amide bonds. The van der Waals surface area contributed by atoms with E-state index in [0.29, 0.717) is 5.92 Å². The SMILES string of the molecule is Cc1ccc(NC(C)(C#N)CCC(C)C)cc1. The number of hydrogen-bond acceptors (Lipinski definition) is 2. The van der Waals surface area contributed by atoms with Crippen molar-refractivity contribution in [3.8, 4) is 6.07 Å². The molecule has 92 valence electrons. The molecule has 0 aromatic heterocycles. The molecule has 1 atom stereocenters. The van der Waals surface area contributed by atoms with Gasteiger partial charge in [0.15, 0.2) is 0 Å². The van der Waals surface area contributed by atoms with Crippen LogP contribution in [0, 0.1) is 24.2 Å². The Bertz CT molecular complexity index is 386. The average Bonchev–Trinajstić information content (AvgIpc) is 2.30. The summed E-state index contributed by atoms with van der Waals surface area (Å²) in [6, 6.07) is 10.6.